The smallest absolute Gasteiger partial charge is 0.408 e. The summed E-state index contributed by atoms with van der Waals surface area (Å²) >= 11 is 0. The molecule has 1 aromatic heterocycles. The van der Waals surface area contributed by atoms with E-state index in [9.17, 15) is 18.0 Å². The standard InChI is InChI=1S/C25H30N4O5S/c1-19-9-11-28(12-10-19)35(32,33)21-7-8-22-23(17-21)34-25(31)29(22)18-24(30)27-15-13-26(14-16-27)20-5-3-2-4-6-20/h2-8,17,19H,9-16,18H2,1H3. The van der Waals surface area contributed by atoms with Crippen molar-refractivity contribution in [2.75, 3.05) is 44.2 Å². The van der Waals surface area contributed by atoms with Gasteiger partial charge in [0.15, 0.2) is 5.58 Å². The summed E-state index contributed by atoms with van der Waals surface area (Å²) < 4.78 is 34.3. The fourth-order valence-electron chi connectivity index (χ4n) is 4.82. The van der Waals surface area contributed by atoms with Gasteiger partial charge in [-0.15, -0.1) is 0 Å². The summed E-state index contributed by atoms with van der Waals surface area (Å²) in [6.07, 6.45) is 1.66. The molecule has 1 amide bonds. The summed E-state index contributed by atoms with van der Waals surface area (Å²) in [5.74, 6) is -0.325. The van der Waals surface area contributed by atoms with Crippen molar-refractivity contribution in [2.24, 2.45) is 5.92 Å². The molecule has 2 aliphatic heterocycles. The minimum absolute atomic E-state index is 0.101. The molecule has 0 unspecified atom stereocenters. The molecule has 0 bridgehead atoms. The van der Waals surface area contributed by atoms with Crippen LogP contribution in [-0.4, -0.2) is 67.4 Å². The van der Waals surface area contributed by atoms with E-state index >= 15 is 0 Å². The summed E-state index contributed by atoms with van der Waals surface area (Å²) in [4.78, 5) is 29.6. The Bertz CT molecular complexity index is 1370. The minimum Gasteiger partial charge on any atom is -0.408 e. The molecule has 2 aromatic carbocycles. The number of rotatable bonds is 5. The third kappa shape index (κ3) is 4.72. The lowest BCUT2D eigenvalue weighted by Crippen LogP contribution is -2.50. The van der Waals surface area contributed by atoms with Crippen LogP contribution in [0.2, 0.25) is 0 Å². The highest BCUT2D eigenvalue weighted by atomic mass is 32.2. The van der Waals surface area contributed by atoms with Crippen LogP contribution in [0.3, 0.4) is 0 Å². The lowest BCUT2D eigenvalue weighted by molar-refractivity contribution is -0.132. The molecule has 0 radical (unpaired) electrons. The number of carbonyl (C=O) groups excluding carboxylic acids is 1. The van der Waals surface area contributed by atoms with Crippen LogP contribution in [0.1, 0.15) is 19.8 Å². The quantitative estimate of drug-likeness (QED) is 0.536. The molecule has 9 nitrogen and oxygen atoms in total. The number of oxazole rings is 1. The maximum absolute atomic E-state index is 13.1. The summed E-state index contributed by atoms with van der Waals surface area (Å²) in [5, 5.41) is 0. The lowest BCUT2D eigenvalue weighted by Gasteiger charge is -2.36. The third-order valence-electron chi connectivity index (χ3n) is 7.07. The van der Waals surface area contributed by atoms with Crippen LogP contribution in [0.4, 0.5) is 5.69 Å². The number of anilines is 1. The number of sulfonamides is 1. The molecule has 35 heavy (non-hydrogen) atoms. The van der Waals surface area contributed by atoms with E-state index in [-0.39, 0.29) is 22.9 Å². The van der Waals surface area contributed by atoms with E-state index in [0.717, 1.165) is 18.5 Å². The first kappa shape index (κ1) is 23.6. The second-order valence-electron chi connectivity index (χ2n) is 9.37. The van der Waals surface area contributed by atoms with Crippen molar-refractivity contribution in [3.8, 4) is 0 Å². The number of nitrogens with zero attached hydrogens (tertiary/aromatic N) is 4. The second kappa shape index (κ2) is 9.50. The molecule has 0 N–H and O–H groups in total. The fourth-order valence-corrected chi connectivity index (χ4v) is 6.30. The summed E-state index contributed by atoms with van der Waals surface area (Å²) in [7, 11) is -3.67. The topological polar surface area (TPSA) is 96.1 Å². The van der Waals surface area contributed by atoms with Crippen molar-refractivity contribution in [1.29, 1.82) is 0 Å². The molecule has 0 saturated carbocycles. The van der Waals surface area contributed by atoms with E-state index in [1.54, 1.807) is 11.0 Å². The van der Waals surface area contributed by atoms with Gasteiger partial charge in [-0.2, -0.15) is 4.31 Å². The Hall–Kier alpha value is -3.11. The largest absolute Gasteiger partial charge is 0.420 e. The number of hydrogen-bond donors (Lipinski definition) is 0. The normalized spacial score (nSPS) is 18.3. The van der Waals surface area contributed by atoms with Gasteiger partial charge in [0.2, 0.25) is 15.9 Å². The second-order valence-corrected chi connectivity index (χ2v) is 11.3. The SMILES string of the molecule is CC1CCN(S(=O)(=O)c2ccc3c(c2)oc(=O)n3CC(=O)N2CCN(c3ccccc3)CC2)CC1. The van der Waals surface area contributed by atoms with Crippen molar-refractivity contribution in [2.45, 2.75) is 31.2 Å². The van der Waals surface area contributed by atoms with Crippen molar-refractivity contribution in [1.82, 2.24) is 13.8 Å². The van der Waals surface area contributed by atoms with Crippen molar-refractivity contribution in [3.05, 3.63) is 59.1 Å². The molecule has 186 valence electrons. The Kier molecular flexibility index (Phi) is 6.41. The van der Waals surface area contributed by atoms with Crippen molar-refractivity contribution >= 4 is 32.7 Å². The van der Waals surface area contributed by atoms with E-state index in [1.165, 1.54) is 21.0 Å². The zero-order chi connectivity index (χ0) is 24.6. The van der Waals surface area contributed by atoms with Gasteiger partial charge >= 0.3 is 5.76 Å². The number of fused-ring (bicyclic) bond motifs is 1. The van der Waals surface area contributed by atoms with E-state index in [4.69, 9.17) is 4.42 Å². The van der Waals surface area contributed by atoms with E-state index in [2.05, 4.69) is 24.0 Å². The van der Waals surface area contributed by atoms with Gasteiger partial charge in [-0.25, -0.2) is 13.2 Å². The first-order valence-corrected chi connectivity index (χ1v) is 13.5. The predicted molar refractivity (Wildman–Crippen MR) is 133 cm³/mol. The van der Waals surface area contributed by atoms with Crippen molar-refractivity contribution < 1.29 is 17.6 Å². The Balaban J connectivity index is 1.29. The highest BCUT2D eigenvalue weighted by Gasteiger charge is 2.29. The van der Waals surface area contributed by atoms with Gasteiger partial charge in [0.25, 0.3) is 0 Å². The van der Waals surface area contributed by atoms with E-state index in [1.807, 2.05) is 18.2 Å². The number of aromatic nitrogens is 1. The maximum Gasteiger partial charge on any atom is 0.420 e. The Morgan fingerprint density at radius 1 is 0.971 bits per heavy atom. The Labute approximate surface area is 204 Å². The molecule has 3 heterocycles. The average Bonchev–Trinajstić information content (AvgIpc) is 3.19. The highest BCUT2D eigenvalue weighted by molar-refractivity contribution is 7.89. The summed E-state index contributed by atoms with van der Waals surface area (Å²) in [6.45, 7) is 5.51. The van der Waals surface area contributed by atoms with Gasteiger partial charge in [-0.05, 0) is 43.0 Å². The van der Waals surface area contributed by atoms with E-state index < -0.39 is 15.8 Å². The predicted octanol–water partition coefficient (Wildman–Crippen LogP) is 2.36. The maximum atomic E-state index is 13.1. The lowest BCUT2D eigenvalue weighted by atomic mass is 10.0. The van der Waals surface area contributed by atoms with Crippen molar-refractivity contribution in [3.63, 3.8) is 0 Å². The van der Waals surface area contributed by atoms with E-state index in [0.29, 0.717) is 50.7 Å². The zero-order valence-corrected chi connectivity index (χ0v) is 20.6. The first-order chi connectivity index (χ1) is 16.8. The van der Waals surface area contributed by atoms with Crippen LogP contribution in [0.25, 0.3) is 11.1 Å². The number of piperidine rings is 1. The molecule has 2 fully saturated rings. The Morgan fingerprint density at radius 3 is 2.34 bits per heavy atom. The molecule has 0 aliphatic carbocycles. The summed E-state index contributed by atoms with van der Waals surface area (Å²) in [5.41, 5.74) is 1.71. The van der Waals surface area contributed by atoms with Gasteiger partial charge < -0.3 is 14.2 Å². The molecule has 5 rings (SSSR count). The number of benzene rings is 2. The number of carbonyl (C=O) groups is 1. The third-order valence-corrected chi connectivity index (χ3v) is 8.96. The number of hydrogen-bond acceptors (Lipinski definition) is 6. The molecule has 0 atom stereocenters. The number of amides is 1. The fraction of sp³-hybridized carbons (Fsp3) is 0.440. The van der Waals surface area contributed by atoms with Gasteiger partial charge in [0.05, 0.1) is 10.4 Å². The zero-order valence-electron chi connectivity index (χ0n) is 19.8. The van der Waals surface area contributed by atoms with Crippen LogP contribution in [0.5, 0.6) is 0 Å². The first-order valence-electron chi connectivity index (χ1n) is 12.0. The van der Waals surface area contributed by atoms with Gasteiger partial charge in [0.1, 0.15) is 6.54 Å². The van der Waals surface area contributed by atoms with Crippen LogP contribution in [0, 0.1) is 5.92 Å². The molecular formula is C25H30N4O5S. The van der Waals surface area contributed by atoms with Gasteiger partial charge in [-0.3, -0.25) is 9.36 Å². The monoisotopic (exact) mass is 498 g/mol. The highest BCUT2D eigenvalue weighted by Crippen LogP contribution is 2.26. The van der Waals surface area contributed by atoms with Gasteiger partial charge in [-0.1, -0.05) is 25.1 Å². The Morgan fingerprint density at radius 2 is 1.66 bits per heavy atom. The molecule has 10 heteroatoms. The van der Waals surface area contributed by atoms with Gasteiger partial charge in [0, 0.05) is 51.0 Å². The number of piperazine rings is 1. The van der Waals surface area contributed by atoms with Crippen LogP contribution >= 0.6 is 0 Å². The molecule has 2 aliphatic rings. The molecular weight excluding hydrogens is 468 g/mol. The summed E-state index contributed by atoms with van der Waals surface area (Å²) in [6, 6.07) is 14.5. The molecule has 0 spiro atoms. The molecule has 3 aromatic rings. The van der Waals surface area contributed by atoms with Crippen LogP contribution < -0.4 is 10.7 Å². The van der Waals surface area contributed by atoms with Crippen LogP contribution in [-0.2, 0) is 21.4 Å². The number of para-hydroxylation sites is 1. The van der Waals surface area contributed by atoms with Crippen LogP contribution in [0.15, 0.2) is 62.6 Å². The average molecular weight is 499 g/mol. The molecule has 2 saturated heterocycles. The minimum atomic E-state index is -3.67.